The molecule has 0 bridgehead atoms. The van der Waals surface area contributed by atoms with E-state index in [0.29, 0.717) is 12.0 Å². The van der Waals surface area contributed by atoms with Crippen LogP contribution in [0.4, 0.5) is 0 Å². The van der Waals surface area contributed by atoms with Crippen LogP contribution in [0, 0.1) is 11.8 Å². The number of nitrogens with one attached hydrogen (secondary N) is 1. The second-order valence-corrected chi connectivity index (χ2v) is 7.21. The summed E-state index contributed by atoms with van der Waals surface area (Å²) < 4.78 is 0. The third-order valence-corrected chi connectivity index (χ3v) is 5.27. The number of nitrogens with zero attached hydrogens (tertiary/aromatic N) is 1. The van der Waals surface area contributed by atoms with E-state index in [-0.39, 0.29) is 17.9 Å². The number of likely N-dealkylation sites (tertiary alicyclic amines) is 1. The lowest BCUT2D eigenvalue weighted by atomic mass is 9.94. The molecule has 2 fully saturated rings. The normalized spacial score (nSPS) is 29.3. The molecular weight excluding hydrogens is 262 g/mol. The molecule has 0 spiro atoms. The first-order chi connectivity index (χ1) is 10.1. The second kappa shape index (κ2) is 8.14. The van der Waals surface area contributed by atoms with Crippen LogP contribution in [-0.2, 0) is 4.79 Å². The highest BCUT2D eigenvalue weighted by atomic mass is 16.1. The molecule has 3 atom stereocenters. The van der Waals surface area contributed by atoms with Crippen molar-refractivity contribution in [1.82, 2.24) is 10.2 Å². The molecule has 1 aliphatic carbocycles. The summed E-state index contributed by atoms with van der Waals surface area (Å²) in [7, 11) is 0. The summed E-state index contributed by atoms with van der Waals surface area (Å²) in [6.07, 6.45) is 8.09. The zero-order valence-electron chi connectivity index (χ0n) is 13.8. The van der Waals surface area contributed by atoms with Gasteiger partial charge in [-0.2, -0.15) is 0 Å². The van der Waals surface area contributed by atoms with Gasteiger partial charge in [-0.3, -0.25) is 9.69 Å². The van der Waals surface area contributed by atoms with E-state index in [2.05, 4.69) is 24.1 Å². The zero-order valence-corrected chi connectivity index (χ0v) is 13.8. The molecule has 1 heterocycles. The SMILES string of the molecule is CC(C)C(CNC(=O)C1CCCCCC1N)N1CCCC1. The third kappa shape index (κ3) is 4.68. The fraction of sp³-hybridized carbons (Fsp3) is 0.941. The minimum Gasteiger partial charge on any atom is -0.354 e. The molecule has 1 saturated carbocycles. The number of rotatable bonds is 5. The molecular formula is C17H33N3O. The molecule has 2 aliphatic rings. The van der Waals surface area contributed by atoms with Crippen LogP contribution < -0.4 is 11.1 Å². The molecule has 3 unspecified atom stereocenters. The van der Waals surface area contributed by atoms with Gasteiger partial charge in [-0.25, -0.2) is 0 Å². The maximum Gasteiger partial charge on any atom is 0.224 e. The van der Waals surface area contributed by atoms with Gasteiger partial charge in [0.25, 0.3) is 0 Å². The number of hydrogen-bond acceptors (Lipinski definition) is 3. The van der Waals surface area contributed by atoms with E-state index in [1.807, 2.05) is 0 Å². The van der Waals surface area contributed by atoms with Gasteiger partial charge in [0.15, 0.2) is 0 Å². The molecule has 0 aromatic carbocycles. The number of nitrogens with two attached hydrogens (primary N) is 1. The van der Waals surface area contributed by atoms with Crippen molar-refractivity contribution in [2.75, 3.05) is 19.6 Å². The lowest BCUT2D eigenvalue weighted by Gasteiger charge is -2.32. The first-order valence-corrected chi connectivity index (χ1v) is 8.87. The van der Waals surface area contributed by atoms with Crippen LogP contribution in [0.3, 0.4) is 0 Å². The highest BCUT2D eigenvalue weighted by molar-refractivity contribution is 5.79. The molecule has 21 heavy (non-hydrogen) atoms. The molecule has 1 saturated heterocycles. The van der Waals surface area contributed by atoms with Crippen LogP contribution in [0.2, 0.25) is 0 Å². The van der Waals surface area contributed by atoms with Crippen LogP contribution in [0.5, 0.6) is 0 Å². The first kappa shape index (κ1) is 16.8. The molecule has 2 rings (SSSR count). The minimum absolute atomic E-state index is 0.0268. The van der Waals surface area contributed by atoms with E-state index < -0.39 is 0 Å². The van der Waals surface area contributed by atoms with Crippen molar-refractivity contribution in [2.24, 2.45) is 17.6 Å². The summed E-state index contributed by atoms with van der Waals surface area (Å²) in [6.45, 7) is 7.65. The quantitative estimate of drug-likeness (QED) is 0.764. The summed E-state index contributed by atoms with van der Waals surface area (Å²) in [5.74, 6) is 0.791. The van der Waals surface area contributed by atoms with Gasteiger partial charge < -0.3 is 11.1 Å². The average molecular weight is 295 g/mol. The van der Waals surface area contributed by atoms with Crippen LogP contribution in [0.25, 0.3) is 0 Å². The summed E-state index contributed by atoms with van der Waals surface area (Å²) in [6, 6.07) is 0.523. The predicted octanol–water partition coefficient (Wildman–Crippen LogP) is 2.13. The maximum atomic E-state index is 12.5. The molecule has 4 heteroatoms. The highest BCUT2D eigenvalue weighted by Gasteiger charge is 2.29. The van der Waals surface area contributed by atoms with E-state index in [1.165, 1.54) is 38.8 Å². The van der Waals surface area contributed by atoms with Gasteiger partial charge in [0, 0.05) is 18.6 Å². The number of amides is 1. The van der Waals surface area contributed by atoms with Gasteiger partial charge in [0.05, 0.1) is 5.92 Å². The molecule has 1 amide bonds. The smallest absolute Gasteiger partial charge is 0.224 e. The van der Waals surface area contributed by atoms with Gasteiger partial charge in [0.2, 0.25) is 5.91 Å². The fourth-order valence-electron chi connectivity index (χ4n) is 3.86. The summed E-state index contributed by atoms with van der Waals surface area (Å²) >= 11 is 0. The summed E-state index contributed by atoms with van der Waals surface area (Å²) in [4.78, 5) is 15.0. The zero-order chi connectivity index (χ0) is 15.2. The summed E-state index contributed by atoms with van der Waals surface area (Å²) in [5, 5.41) is 3.21. The van der Waals surface area contributed by atoms with Crippen LogP contribution >= 0.6 is 0 Å². The Morgan fingerprint density at radius 1 is 1.14 bits per heavy atom. The topological polar surface area (TPSA) is 58.4 Å². The second-order valence-electron chi connectivity index (χ2n) is 7.21. The third-order valence-electron chi connectivity index (χ3n) is 5.27. The number of hydrogen-bond donors (Lipinski definition) is 2. The first-order valence-electron chi connectivity index (χ1n) is 8.87. The minimum atomic E-state index is 0.0268. The Labute approximate surface area is 129 Å². The van der Waals surface area contributed by atoms with Gasteiger partial charge >= 0.3 is 0 Å². The van der Waals surface area contributed by atoms with Crippen molar-refractivity contribution >= 4 is 5.91 Å². The van der Waals surface area contributed by atoms with Crippen LogP contribution in [-0.4, -0.2) is 42.5 Å². The molecule has 0 aromatic heterocycles. The van der Waals surface area contributed by atoms with E-state index in [4.69, 9.17) is 5.73 Å². The lowest BCUT2D eigenvalue weighted by Crippen LogP contribution is -2.49. The van der Waals surface area contributed by atoms with Gasteiger partial charge in [-0.05, 0) is 44.7 Å². The van der Waals surface area contributed by atoms with Crippen molar-refractivity contribution in [3.8, 4) is 0 Å². The molecule has 122 valence electrons. The molecule has 0 aromatic rings. The van der Waals surface area contributed by atoms with E-state index in [9.17, 15) is 4.79 Å². The molecule has 1 aliphatic heterocycles. The van der Waals surface area contributed by atoms with E-state index in [1.54, 1.807) is 0 Å². The van der Waals surface area contributed by atoms with Crippen molar-refractivity contribution in [1.29, 1.82) is 0 Å². The number of carbonyl (C=O) groups is 1. The maximum absolute atomic E-state index is 12.5. The Morgan fingerprint density at radius 3 is 2.48 bits per heavy atom. The average Bonchev–Trinajstić information content (AvgIpc) is 2.87. The fourth-order valence-corrected chi connectivity index (χ4v) is 3.86. The van der Waals surface area contributed by atoms with Crippen molar-refractivity contribution < 1.29 is 4.79 Å². The van der Waals surface area contributed by atoms with Crippen molar-refractivity contribution in [2.45, 2.75) is 70.9 Å². The Hall–Kier alpha value is -0.610. The van der Waals surface area contributed by atoms with E-state index >= 15 is 0 Å². The standard InChI is InChI=1S/C17H33N3O/c1-13(2)16(20-10-6-7-11-20)12-19-17(21)14-8-4-3-5-9-15(14)18/h13-16H,3-12,18H2,1-2H3,(H,19,21). The Morgan fingerprint density at radius 2 is 1.81 bits per heavy atom. The van der Waals surface area contributed by atoms with Gasteiger partial charge in [0.1, 0.15) is 0 Å². The highest BCUT2D eigenvalue weighted by Crippen LogP contribution is 2.23. The van der Waals surface area contributed by atoms with E-state index in [0.717, 1.165) is 25.8 Å². The largest absolute Gasteiger partial charge is 0.354 e. The lowest BCUT2D eigenvalue weighted by molar-refractivity contribution is -0.126. The number of carbonyl (C=O) groups excluding carboxylic acids is 1. The monoisotopic (exact) mass is 295 g/mol. The van der Waals surface area contributed by atoms with Crippen LogP contribution in [0.1, 0.15) is 58.8 Å². The Bertz CT molecular complexity index is 326. The van der Waals surface area contributed by atoms with Crippen molar-refractivity contribution in [3.63, 3.8) is 0 Å². The van der Waals surface area contributed by atoms with Gasteiger partial charge in [-0.15, -0.1) is 0 Å². The summed E-state index contributed by atoms with van der Waals surface area (Å²) in [5.41, 5.74) is 6.20. The molecule has 4 nitrogen and oxygen atoms in total. The molecule has 3 N–H and O–H groups in total. The van der Waals surface area contributed by atoms with Crippen LogP contribution in [0.15, 0.2) is 0 Å². The predicted molar refractivity (Wildman–Crippen MR) is 87.0 cm³/mol. The Balaban J connectivity index is 1.85. The van der Waals surface area contributed by atoms with Crippen molar-refractivity contribution in [3.05, 3.63) is 0 Å². The molecule has 0 radical (unpaired) electrons. The van der Waals surface area contributed by atoms with Gasteiger partial charge in [-0.1, -0.05) is 33.1 Å². The Kier molecular flexibility index (Phi) is 6.49.